The van der Waals surface area contributed by atoms with Crippen molar-refractivity contribution in [3.8, 4) is 11.5 Å². The predicted molar refractivity (Wildman–Crippen MR) is 109 cm³/mol. The first-order valence-electron chi connectivity index (χ1n) is 9.23. The van der Waals surface area contributed by atoms with Crippen LogP contribution in [0.3, 0.4) is 0 Å². The first-order chi connectivity index (χ1) is 13.8. The quantitative estimate of drug-likeness (QED) is 0.602. The molecule has 0 unspecified atom stereocenters. The van der Waals surface area contributed by atoms with Gasteiger partial charge < -0.3 is 23.9 Å². The van der Waals surface area contributed by atoms with Gasteiger partial charge in [-0.05, 0) is 37.5 Å². The van der Waals surface area contributed by atoms with Gasteiger partial charge in [-0.15, -0.1) is 0 Å². The average Bonchev–Trinajstić information content (AvgIpc) is 3.06. The molecular formula is C21H26ClNO6. The molecule has 29 heavy (non-hydrogen) atoms. The second-order valence-corrected chi connectivity index (χ2v) is 7.28. The largest absolute Gasteiger partial charge is 0.493 e. The van der Waals surface area contributed by atoms with E-state index < -0.39 is 5.97 Å². The highest BCUT2D eigenvalue weighted by Crippen LogP contribution is 2.36. The van der Waals surface area contributed by atoms with Crippen molar-refractivity contribution in [2.45, 2.75) is 33.7 Å². The SMILES string of the molecule is COC(=O)c1cc(CNC(=O)c2cc(Cl)c(OCCC(C)C)c(OC)c2)oc1C. The lowest BCUT2D eigenvalue weighted by Crippen LogP contribution is -2.22. The van der Waals surface area contributed by atoms with E-state index in [9.17, 15) is 9.59 Å². The lowest BCUT2D eigenvalue weighted by atomic mass is 10.1. The number of hydrogen-bond acceptors (Lipinski definition) is 6. The van der Waals surface area contributed by atoms with Gasteiger partial charge in [0.2, 0.25) is 0 Å². The van der Waals surface area contributed by atoms with Gasteiger partial charge in [-0.2, -0.15) is 0 Å². The van der Waals surface area contributed by atoms with Gasteiger partial charge >= 0.3 is 5.97 Å². The van der Waals surface area contributed by atoms with Crippen molar-refractivity contribution >= 4 is 23.5 Å². The van der Waals surface area contributed by atoms with Gasteiger partial charge in [-0.1, -0.05) is 25.4 Å². The van der Waals surface area contributed by atoms with Crippen molar-refractivity contribution in [1.29, 1.82) is 0 Å². The zero-order valence-corrected chi connectivity index (χ0v) is 18.0. The molecule has 0 saturated heterocycles. The summed E-state index contributed by atoms with van der Waals surface area (Å²) < 4.78 is 21.2. The Labute approximate surface area is 175 Å². The van der Waals surface area contributed by atoms with Crippen LogP contribution < -0.4 is 14.8 Å². The zero-order chi connectivity index (χ0) is 21.6. The fourth-order valence-electron chi connectivity index (χ4n) is 2.60. The van der Waals surface area contributed by atoms with E-state index in [2.05, 4.69) is 23.9 Å². The van der Waals surface area contributed by atoms with Crippen molar-refractivity contribution in [3.63, 3.8) is 0 Å². The van der Waals surface area contributed by atoms with Crippen LogP contribution in [0.5, 0.6) is 11.5 Å². The van der Waals surface area contributed by atoms with Crippen LogP contribution in [0.2, 0.25) is 5.02 Å². The molecule has 0 spiro atoms. The Hall–Kier alpha value is -2.67. The summed E-state index contributed by atoms with van der Waals surface area (Å²) in [6, 6.07) is 4.64. The van der Waals surface area contributed by atoms with E-state index in [1.165, 1.54) is 20.3 Å². The van der Waals surface area contributed by atoms with Crippen LogP contribution in [0, 0.1) is 12.8 Å². The standard InChI is InChI=1S/C21H26ClNO6/c1-12(2)6-7-28-19-17(22)8-14(9-18(19)26-4)20(24)23-11-15-10-16(13(3)29-15)21(25)27-5/h8-10,12H,6-7,11H2,1-5H3,(H,23,24). The average molecular weight is 424 g/mol. The minimum atomic E-state index is -0.492. The highest BCUT2D eigenvalue weighted by Gasteiger charge is 2.18. The third-order valence-electron chi connectivity index (χ3n) is 4.23. The number of carbonyl (C=O) groups excluding carboxylic acids is 2. The van der Waals surface area contributed by atoms with Crippen LogP contribution in [0.25, 0.3) is 0 Å². The van der Waals surface area contributed by atoms with Gasteiger partial charge in [0.05, 0.1) is 32.4 Å². The predicted octanol–water partition coefficient (Wildman–Crippen LogP) is 4.39. The second kappa shape index (κ2) is 10.2. The molecule has 8 heteroatoms. The van der Waals surface area contributed by atoms with Crippen LogP contribution in [0.15, 0.2) is 22.6 Å². The minimum Gasteiger partial charge on any atom is -0.493 e. The third-order valence-corrected chi connectivity index (χ3v) is 4.51. The maximum absolute atomic E-state index is 12.5. The Morgan fingerprint density at radius 1 is 1.21 bits per heavy atom. The summed E-state index contributed by atoms with van der Waals surface area (Å²) in [4.78, 5) is 24.2. The minimum absolute atomic E-state index is 0.100. The highest BCUT2D eigenvalue weighted by atomic mass is 35.5. The molecule has 2 rings (SSSR count). The molecule has 0 atom stereocenters. The van der Waals surface area contributed by atoms with Crippen LogP contribution in [0.4, 0.5) is 0 Å². The maximum Gasteiger partial charge on any atom is 0.341 e. The Bertz CT molecular complexity index is 874. The zero-order valence-electron chi connectivity index (χ0n) is 17.3. The number of esters is 1. The summed E-state index contributed by atoms with van der Waals surface area (Å²) >= 11 is 6.31. The first-order valence-corrected chi connectivity index (χ1v) is 9.60. The summed E-state index contributed by atoms with van der Waals surface area (Å²) in [6.07, 6.45) is 0.873. The number of nitrogens with one attached hydrogen (secondary N) is 1. The van der Waals surface area contributed by atoms with Gasteiger partial charge in [0, 0.05) is 5.56 Å². The molecule has 7 nitrogen and oxygen atoms in total. The highest BCUT2D eigenvalue weighted by molar-refractivity contribution is 6.32. The molecule has 0 fully saturated rings. The smallest absolute Gasteiger partial charge is 0.341 e. The monoisotopic (exact) mass is 423 g/mol. The summed E-state index contributed by atoms with van der Waals surface area (Å²) in [7, 11) is 2.78. The second-order valence-electron chi connectivity index (χ2n) is 6.88. The van der Waals surface area contributed by atoms with E-state index in [1.807, 2.05) is 0 Å². The Morgan fingerprint density at radius 3 is 2.55 bits per heavy atom. The molecule has 0 aliphatic rings. The Balaban J connectivity index is 2.09. The molecule has 0 aliphatic heterocycles. The van der Waals surface area contributed by atoms with Gasteiger partial charge in [-0.3, -0.25) is 4.79 Å². The molecule has 0 aliphatic carbocycles. The van der Waals surface area contributed by atoms with Crippen molar-refractivity contribution in [3.05, 3.63) is 45.9 Å². The number of rotatable bonds is 9. The van der Waals surface area contributed by atoms with Gasteiger partial charge in [0.1, 0.15) is 17.1 Å². The number of carbonyl (C=O) groups is 2. The van der Waals surface area contributed by atoms with Crippen LogP contribution >= 0.6 is 11.6 Å². The van der Waals surface area contributed by atoms with Crippen molar-refractivity contribution in [1.82, 2.24) is 5.32 Å². The summed E-state index contributed by atoms with van der Waals surface area (Å²) in [5, 5.41) is 3.02. The normalized spacial score (nSPS) is 10.7. The molecule has 0 bridgehead atoms. The number of ether oxygens (including phenoxy) is 3. The number of furan rings is 1. The number of hydrogen-bond donors (Lipinski definition) is 1. The first kappa shape index (κ1) is 22.6. The molecule has 0 radical (unpaired) electrons. The van der Waals surface area contributed by atoms with E-state index in [0.29, 0.717) is 51.7 Å². The Kier molecular flexibility index (Phi) is 7.96. The molecule has 1 aromatic heterocycles. The maximum atomic E-state index is 12.5. The van der Waals surface area contributed by atoms with E-state index in [4.69, 9.17) is 25.5 Å². The molecule has 1 heterocycles. The van der Waals surface area contributed by atoms with E-state index in [0.717, 1.165) is 6.42 Å². The van der Waals surface area contributed by atoms with Crippen molar-refractivity contribution in [2.24, 2.45) is 5.92 Å². The van der Waals surface area contributed by atoms with Gasteiger partial charge in [0.15, 0.2) is 11.5 Å². The van der Waals surface area contributed by atoms with Gasteiger partial charge in [0.25, 0.3) is 5.91 Å². The van der Waals surface area contributed by atoms with Crippen LogP contribution in [-0.4, -0.2) is 32.7 Å². The fourth-order valence-corrected chi connectivity index (χ4v) is 2.87. The number of halogens is 1. The van der Waals surface area contributed by atoms with E-state index in [-0.39, 0.29) is 12.5 Å². The number of aryl methyl sites for hydroxylation is 1. The molecule has 1 aromatic carbocycles. The molecular weight excluding hydrogens is 398 g/mol. The molecule has 158 valence electrons. The van der Waals surface area contributed by atoms with E-state index >= 15 is 0 Å². The third kappa shape index (κ3) is 5.90. The number of benzene rings is 1. The van der Waals surface area contributed by atoms with E-state index in [1.54, 1.807) is 19.1 Å². The topological polar surface area (TPSA) is 87.0 Å². The lowest BCUT2D eigenvalue weighted by Gasteiger charge is -2.15. The van der Waals surface area contributed by atoms with Crippen molar-refractivity contribution < 1.29 is 28.2 Å². The molecule has 1 amide bonds. The fraction of sp³-hybridized carbons (Fsp3) is 0.429. The van der Waals surface area contributed by atoms with Crippen molar-refractivity contribution in [2.75, 3.05) is 20.8 Å². The van der Waals surface area contributed by atoms with Gasteiger partial charge in [-0.25, -0.2) is 4.79 Å². The molecule has 2 aromatic rings. The lowest BCUT2D eigenvalue weighted by molar-refractivity contribution is 0.0598. The molecule has 1 N–H and O–H groups in total. The summed E-state index contributed by atoms with van der Waals surface area (Å²) in [6.45, 7) is 6.46. The number of amides is 1. The Morgan fingerprint density at radius 2 is 1.93 bits per heavy atom. The van der Waals surface area contributed by atoms with Crippen LogP contribution in [0.1, 0.15) is 52.5 Å². The molecule has 0 saturated carbocycles. The van der Waals surface area contributed by atoms with Crippen LogP contribution in [-0.2, 0) is 11.3 Å². The summed E-state index contributed by atoms with van der Waals surface area (Å²) in [5.74, 6) is 1.29. The number of methoxy groups -OCH3 is 2. The summed E-state index contributed by atoms with van der Waals surface area (Å²) in [5.41, 5.74) is 0.642.